The summed E-state index contributed by atoms with van der Waals surface area (Å²) in [5.41, 5.74) is 6.36. The van der Waals surface area contributed by atoms with Gasteiger partial charge in [0.1, 0.15) is 0 Å². The molecule has 116 valence electrons. The molecule has 0 saturated carbocycles. The first kappa shape index (κ1) is 17.6. The molecule has 1 rings (SSSR count). The quantitative estimate of drug-likeness (QED) is 0.643. The van der Waals surface area contributed by atoms with E-state index in [1.807, 2.05) is 11.8 Å². The van der Waals surface area contributed by atoms with Crippen LogP contribution >= 0.6 is 11.8 Å². The summed E-state index contributed by atoms with van der Waals surface area (Å²) in [4.78, 5) is 0.294. The highest BCUT2D eigenvalue weighted by Crippen LogP contribution is 2.13. The lowest BCUT2D eigenvalue weighted by Gasteiger charge is -2.04. The smallest absolute Gasteiger partial charge is 0.242 e. The van der Waals surface area contributed by atoms with Gasteiger partial charge < -0.3 is 10.3 Å². The zero-order valence-corrected chi connectivity index (χ0v) is 13.9. The predicted octanol–water partition coefficient (Wildman–Crippen LogP) is 1.69. The second-order valence-electron chi connectivity index (χ2n) is 4.79. The Kier molecular flexibility index (Phi) is 7.65. The second-order valence-corrected chi connectivity index (χ2v) is 7.54. The van der Waals surface area contributed by atoms with Crippen LogP contribution in [0.2, 0.25) is 0 Å². The van der Waals surface area contributed by atoms with Crippen LogP contribution in [0.3, 0.4) is 0 Å². The lowest BCUT2D eigenvalue weighted by atomic mass is 10.2. The monoisotopic (exact) mass is 319 g/mol. The van der Waals surface area contributed by atoms with Crippen LogP contribution in [-0.4, -0.2) is 31.5 Å². The molecule has 5 nitrogen and oxygen atoms in total. The zero-order valence-electron chi connectivity index (χ0n) is 12.3. The van der Waals surface area contributed by atoms with Gasteiger partial charge in [0.05, 0.1) is 4.90 Å². The summed E-state index contributed by atoms with van der Waals surface area (Å²) < 4.78 is 28.6. The molecular weight excluding hydrogens is 294 g/mol. The second kappa shape index (κ2) is 8.71. The molecule has 0 fully saturated rings. The SMILES string of the molecule is CSCCCCCCNS(=O)(=O)c1cc(CN)n(C)c1. The molecule has 3 N–H and O–H groups in total. The molecule has 20 heavy (non-hydrogen) atoms. The van der Waals surface area contributed by atoms with Crippen LogP contribution in [0.15, 0.2) is 17.2 Å². The van der Waals surface area contributed by atoms with Gasteiger partial charge in [-0.25, -0.2) is 13.1 Å². The van der Waals surface area contributed by atoms with Crippen molar-refractivity contribution >= 4 is 21.8 Å². The van der Waals surface area contributed by atoms with Gasteiger partial charge in [0.25, 0.3) is 0 Å². The van der Waals surface area contributed by atoms with Crippen LogP contribution in [-0.2, 0) is 23.6 Å². The van der Waals surface area contributed by atoms with Crippen LogP contribution in [0.25, 0.3) is 0 Å². The molecule has 1 aromatic heterocycles. The molecule has 0 aliphatic heterocycles. The fourth-order valence-corrected chi connectivity index (χ4v) is 3.60. The fraction of sp³-hybridized carbons (Fsp3) is 0.692. The molecule has 0 aromatic carbocycles. The van der Waals surface area contributed by atoms with Crippen molar-refractivity contribution in [3.8, 4) is 0 Å². The molecule has 0 atom stereocenters. The van der Waals surface area contributed by atoms with Crippen LogP contribution in [0, 0.1) is 0 Å². The van der Waals surface area contributed by atoms with Gasteiger partial charge in [-0.15, -0.1) is 0 Å². The lowest BCUT2D eigenvalue weighted by Crippen LogP contribution is -2.24. The van der Waals surface area contributed by atoms with Crippen molar-refractivity contribution in [3.63, 3.8) is 0 Å². The van der Waals surface area contributed by atoms with Gasteiger partial charge in [-0.1, -0.05) is 12.8 Å². The highest BCUT2D eigenvalue weighted by molar-refractivity contribution is 7.98. The predicted molar refractivity (Wildman–Crippen MR) is 85.3 cm³/mol. The van der Waals surface area contributed by atoms with Gasteiger partial charge in [-0.2, -0.15) is 11.8 Å². The maximum Gasteiger partial charge on any atom is 0.242 e. The van der Waals surface area contributed by atoms with E-state index >= 15 is 0 Å². The Balaban J connectivity index is 2.38. The van der Waals surface area contributed by atoms with E-state index in [-0.39, 0.29) is 0 Å². The van der Waals surface area contributed by atoms with Crippen molar-refractivity contribution in [1.82, 2.24) is 9.29 Å². The van der Waals surface area contributed by atoms with E-state index in [4.69, 9.17) is 5.73 Å². The van der Waals surface area contributed by atoms with Crippen LogP contribution in [0.1, 0.15) is 31.4 Å². The average Bonchev–Trinajstić information content (AvgIpc) is 2.80. The van der Waals surface area contributed by atoms with E-state index < -0.39 is 10.0 Å². The number of aryl methyl sites for hydroxylation is 1. The third-order valence-electron chi connectivity index (χ3n) is 3.17. The molecule has 0 amide bonds. The first-order valence-electron chi connectivity index (χ1n) is 6.85. The number of aromatic nitrogens is 1. The summed E-state index contributed by atoms with van der Waals surface area (Å²) in [7, 11) is -1.60. The van der Waals surface area contributed by atoms with E-state index in [2.05, 4.69) is 11.0 Å². The summed E-state index contributed by atoms with van der Waals surface area (Å²) in [6, 6.07) is 1.63. The topological polar surface area (TPSA) is 77.1 Å². The number of nitrogens with one attached hydrogen (secondary N) is 1. The highest BCUT2D eigenvalue weighted by atomic mass is 32.2. The standard InChI is InChI=1S/C13H25N3O2S2/c1-16-11-13(9-12(16)10-14)20(17,18)15-7-5-3-4-6-8-19-2/h9,11,15H,3-8,10,14H2,1-2H3. The molecule has 0 bridgehead atoms. The van der Waals surface area contributed by atoms with Crippen LogP contribution in [0.5, 0.6) is 0 Å². The maximum absolute atomic E-state index is 12.1. The molecule has 1 heterocycles. The normalized spacial score (nSPS) is 11.9. The van der Waals surface area contributed by atoms with E-state index in [1.54, 1.807) is 23.9 Å². The van der Waals surface area contributed by atoms with Gasteiger partial charge in [-0.3, -0.25) is 0 Å². The summed E-state index contributed by atoms with van der Waals surface area (Å²) >= 11 is 1.85. The van der Waals surface area contributed by atoms with E-state index in [0.29, 0.717) is 18.0 Å². The Morgan fingerprint density at radius 1 is 1.30 bits per heavy atom. The molecular formula is C13H25N3O2S2. The summed E-state index contributed by atoms with van der Waals surface area (Å²) in [5, 5.41) is 0. The van der Waals surface area contributed by atoms with Crippen molar-refractivity contribution < 1.29 is 8.42 Å². The molecule has 1 aromatic rings. The molecule has 0 aliphatic rings. The Labute approximate surface area is 126 Å². The zero-order chi connectivity index (χ0) is 15.0. The fourth-order valence-electron chi connectivity index (χ4n) is 1.94. The Morgan fingerprint density at radius 2 is 2.00 bits per heavy atom. The largest absolute Gasteiger partial charge is 0.352 e. The van der Waals surface area contributed by atoms with E-state index in [1.165, 1.54) is 12.2 Å². The summed E-state index contributed by atoms with van der Waals surface area (Å²) in [6.07, 6.45) is 8.00. The molecule has 0 radical (unpaired) electrons. The number of rotatable bonds is 10. The van der Waals surface area contributed by atoms with Crippen molar-refractivity contribution in [2.75, 3.05) is 18.6 Å². The minimum Gasteiger partial charge on any atom is -0.352 e. The third kappa shape index (κ3) is 5.47. The Morgan fingerprint density at radius 3 is 2.60 bits per heavy atom. The minimum absolute atomic E-state index is 0.294. The van der Waals surface area contributed by atoms with Gasteiger partial charge in [0.2, 0.25) is 10.0 Å². The number of hydrogen-bond acceptors (Lipinski definition) is 4. The number of nitrogens with zero attached hydrogens (tertiary/aromatic N) is 1. The van der Waals surface area contributed by atoms with Crippen molar-refractivity contribution in [2.24, 2.45) is 12.8 Å². The molecule has 0 aliphatic carbocycles. The van der Waals surface area contributed by atoms with Crippen molar-refractivity contribution in [1.29, 1.82) is 0 Å². The van der Waals surface area contributed by atoms with Gasteiger partial charge in [0.15, 0.2) is 0 Å². The summed E-state index contributed by atoms with van der Waals surface area (Å²) in [5.74, 6) is 1.18. The molecule has 7 heteroatoms. The minimum atomic E-state index is -3.40. The van der Waals surface area contributed by atoms with Gasteiger partial charge in [0, 0.05) is 32.0 Å². The molecule has 0 unspecified atom stereocenters. The van der Waals surface area contributed by atoms with E-state index in [0.717, 1.165) is 25.0 Å². The lowest BCUT2D eigenvalue weighted by molar-refractivity contribution is 0.573. The van der Waals surface area contributed by atoms with Gasteiger partial charge in [-0.05, 0) is 30.9 Å². The maximum atomic E-state index is 12.1. The van der Waals surface area contributed by atoms with Crippen molar-refractivity contribution in [3.05, 3.63) is 18.0 Å². The van der Waals surface area contributed by atoms with Crippen LogP contribution in [0.4, 0.5) is 0 Å². The van der Waals surface area contributed by atoms with Crippen molar-refractivity contribution in [2.45, 2.75) is 37.1 Å². The van der Waals surface area contributed by atoms with Gasteiger partial charge >= 0.3 is 0 Å². The third-order valence-corrected chi connectivity index (χ3v) is 5.29. The van der Waals surface area contributed by atoms with Crippen LogP contribution < -0.4 is 10.5 Å². The average molecular weight is 319 g/mol. The first-order valence-corrected chi connectivity index (χ1v) is 9.73. The van der Waals surface area contributed by atoms with E-state index in [9.17, 15) is 8.42 Å². The number of thioether (sulfide) groups is 1. The Bertz CT molecular complexity index is 498. The molecule has 0 saturated heterocycles. The Hall–Kier alpha value is -0.500. The number of unbranched alkanes of at least 4 members (excludes halogenated alkanes) is 3. The number of hydrogen-bond donors (Lipinski definition) is 2. The first-order chi connectivity index (χ1) is 9.51. The summed E-state index contributed by atoms with van der Waals surface area (Å²) in [6.45, 7) is 0.829. The number of nitrogens with two attached hydrogens (primary N) is 1. The molecule has 0 spiro atoms. The number of sulfonamides is 1. The highest BCUT2D eigenvalue weighted by Gasteiger charge is 2.16.